The predicted octanol–water partition coefficient (Wildman–Crippen LogP) is 3.81. The Morgan fingerprint density at radius 2 is 1.65 bits per heavy atom. The van der Waals surface area contributed by atoms with Gasteiger partial charge in [0.05, 0.1) is 25.2 Å². The van der Waals surface area contributed by atoms with E-state index in [1.807, 2.05) is 29.0 Å². The van der Waals surface area contributed by atoms with Crippen LogP contribution in [0.2, 0.25) is 0 Å². The number of fused-ring (bicyclic) bond motifs is 3. The fourth-order valence-electron chi connectivity index (χ4n) is 5.18. The zero-order chi connectivity index (χ0) is 21.3. The summed E-state index contributed by atoms with van der Waals surface area (Å²) < 4.78 is 7.05. The molecular formula is C25H27NO3S2. The first-order chi connectivity index (χ1) is 15.1. The molecule has 1 aromatic carbocycles. The van der Waals surface area contributed by atoms with E-state index in [0.29, 0.717) is 15.7 Å². The van der Waals surface area contributed by atoms with E-state index in [4.69, 9.17) is 4.74 Å². The molecule has 3 aliphatic rings. The van der Waals surface area contributed by atoms with Gasteiger partial charge in [-0.3, -0.25) is 4.79 Å². The minimum absolute atomic E-state index is 0.168. The van der Waals surface area contributed by atoms with E-state index in [9.17, 15) is 9.90 Å². The van der Waals surface area contributed by atoms with Crippen LogP contribution in [0.4, 0.5) is 0 Å². The van der Waals surface area contributed by atoms with E-state index < -0.39 is 11.6 Å². The minimum Gasteiger partial charge on any atom is -0.833 e. The summed E-state index contributed by atoms with van der Waals surface area (Å²) in [6, 6.07) is 17.7. The number of piperidine rings is 3. The van der Waals surface area contributed by atoms with Crippen molar-refractivity contribution in [2.45, 2.75) is 31.0 Å². The highest BCUT2D eigenvalue weighted by molar-refractivity contribution is 7.12. The summed E-state index contributed by atoms with van der Waals surface area (Å²) in [5, 5.41) is 17.6. The molecule has 0 radical (unpaired) electrons. The predicted molar refractivity (Wildman–Crippen MR) is 122 cm³/mol. The van der Waals surface area contributed by atoms with Crippen LogP contribution in [0.3, 0.4) is 0 Å². The summed E-state index contributed by atoms with van der Waals surface area (Å²) in [6.07, 6.45) is 2.99. The Kier molecular flexibility index (Phi) is 5.73. The summed E-state index contributed by atoms with van der Waals surface area (Å²) in [7, 11) is 0. The van der Waals surface area contributed by atoms with Crippen LogP contribution in [0.25, 0.3) is 0 Å². The van der Waals surface area contributed by atoms with Crippen molar-refractivity contribution < 1.29 is 19.1 Å². The van der Waals surface area contributed by atoms with Crippen molar-refractivity contribution in [2.75, 3.05) is 26.2 Å². The number of rotatable bonds is 7. The van der Waals surface area contributed by atoms with Crippen molar-refractivity contribution in [3.8, 4) is 0 Å². The molecule has 6 heteroatoms. The molecule has 3 fully saturated rings. The molecule has 31 heavy (non-hydrogen) atoms. The first kappa shape index (κ1) is 20.9. The molecule has 0 spiro atoms. The van der Waals surface area contributed by atoms with Gasteiger partial charge in [-0.05, 0) is 28.5 Å². The fourth-order valence-corrected chi connectivity index (χ4v) is 6.89. The maximum Gasteiger partial charge on any atom is 0.306 e. The van der Waals surface area contributed by atoms with E-state index in [1.165, 1.54) is 28.2 Å². The Balaban J connectivity index is 1.33. The minimum atomic E-state index is -1.97. The van der Waals surface area contributed by atoms with Gasteiger partial charge in [0, 0.05) is 34.9 Å². The van der Waals surface area contributed by atoms with E-state index in [0.717, 1.165) is 49.9 Å². The Bertz CT molecular complexity index is 959. The fraction of sp³-hybridized carbons (Fsp3) is 0.400. The van der Waals surface area contributed by atoms with Crippen molar-refractivity contribution in [3.05, 3.63) is 80.7 Å². The van der Waals surface area contributed by atoms with E-state index in [1.54, 1.807) is 12.1 Å². The molecule has 0 saturated carbocycles. The van der Waals surface area contributed by atoms with Gasteiger partial charge in [-0.15, -0.1) is 22.7 Å². The number of thiophene rings is 2. The smallest absolute Gasteiger partial charge is 0.306 e. The molecule has 3 aliphatic heterocycles. The van der Waals surface area contributed by atoms with Crippen LogP contribution < -0.4 is 5.11 Å². The number of ether oxygens (including phenoxy) is 1. The van der Waals surface area contributed by atoms with Gasteiger partial charge >= 0.3 is 5.97 Å². The molecule has 0 N–H and O–H groups in total. The van der Waals surface area contributed by atoms with Crippen molar-refractivity contribution in [1.82, 2.24) is 0 Å². The zero-order valence-corrected chi connectivity index (χ0v) is 19.1. The second-order valence-corrected chi connectivity index (χ2v) is 10.7. The van der Waals surface area contributed by atoms with Gasteiger partial charge in [0.25, 0.3) is 0 Å². The Labute approximate surface area is 191 Å². The van der Waals surface area contributed by atoms with Crippen molar-refractivity contribution in [2.24, 2.45) is 5.92 Å². The largest absolute Gasteiger partial charge is 0.833 e. The zero-order valence-electron chi connectivity index (χ0n) is 17.4. The summed E-state index contributed by atoms with van der Waals surface area (Å²) in [4.78, 5) is 14.4. The Hall–Kier alpha value is -1.99. The van der Waals surface area contributed by atoms with Crippen LogP contribution in [0.1, 0.15) is 28.2 Å². The second kappa shape index (κ2) is 8.51. The molecule has 0 amide bonds. The number of nitrogens with zero attached hydrogens (tertiary/aromatic N) is 1. The summed E-state index contributed by atoms with van der Waals surface area (Å²) in [6.45, 7) is 4.17. The molecule has 4 nitrogen and oxygen atoms in total. The van der Waals surface area contributed by atoms with Crippen molar-refractivity contribution in [1.29, 1.82) is 0 Å². The molecular weight excluding hydrogens is 426 g/mol. The van der Waals surface area contributed by atoms with Crippen LogP contribution in [0, 0.1) is 5.92 Å². The average molecular weight is 454 g/mol. The van der Waals surface area contributed by atoms with Crippen LogP contribution >= 0.6 is 22.7 Å². The summed E-state index contributed by atoms with van der Waals surface area (Å²) in [5.41, 5.74) is -0.617. The Morgan fingerprint density at radius 3 is 2.23 bits per heavy atom. The first-order valence-corrected chi connectivity index (χ1v) is 12.7. The quantitative estimate of drug-likeness (QED) is 0.404. The molecule has 3 saturated heterocycles. The second-order valence-electron chi connectivity index (χ2n) is 8.85. The van der Waals surface area contributed by atoms with Gasteiger partial charge in [0.1, 0.15) is 6.54 Å². The number of hydrogen-bond acceptors (Lipinski definition) is 5. The summed E-state index contributed by atoms with van der Waals surface area (Å²) >= 11 is 2.66. The van der Waals surface area contributed by atoms with E-state index in [-0.39, 0.29) is 6.10 Å². The molecule has 3 aromatic rings. The standard InChI is InChI=1S/C25H27NO3S2/c27-24(25(28,22-8-4-16-30-22)23-9-5-17-31-23)29-21-18-26(14-11-20(21)12-15-26)13-10-19-6-2-1-3-7-19/h1-9,16-17,20-21H,10-15,18H2/t20?,21-,26?/m0/s1. The van der Waals surface area contributed by atoms with E-state index >= 15 is 0 Å². The number of benzene rings is 1. The van der Waals surface area contributed by atoms with Gasteiger partial charge in [-0.25, -0.2) is 0 Å². The lowest BCUT2D eigenvalue weighted by Gasteiger charge is -2.52. The highest BCUT2D eigenvalue weighted by Gasteiger charge is 2.48. The molecule has 2 bridgehead atoms. The molecule has 6 rings (SSSR count). The third kappa shape index (κ3) is 3.98. The molecule has 1 atom stereocenters. The van der Waals surface area contributed by atoms with Crippen LogP contribution in [-0.4, -0.2) is 42.7 Å². The van der Waals surface area contributed by atoms with Gasteiger partial charge in [0.2, 0.25) is 0 Å². The van der Waals surface area contributed by atoms with Gasteiger partial charge in [-0.1, -0.05) is 42.5 Å². The normalized spacial score (nSPS) is 25.5. The third-order valence-electron chi connectivity index (χ3n) is 7.04. The van der Waals surface area contributed by atoms with Crippen molar-refractivity contribution >= 4 is 28.6 Å². The van der Waals surface area contributed by atoms with Gasteiger partial charge < -0.3 is 14.3 Å². The lowest BCUT2D eigenvalue weighted by Crippen LogP contribution is -2.65. The number of esters is 1. The highest BCUT2D eigenvalue weighted by atomic mass is 32.1. The molecule has 162 valence electrons. The van der Waals surface area contributed by atoms with Gasteiger partial charge in [0.15, 0.2) is 6.10 Å². The van der Waals surface area contributed by atoms with Crippen LogP contribution in [-0.2, 0) is 21.6 Å². The average Bonchev–Trinajstić information content (AvgIpc) is 3.54. The van der Waals surface area contributed by atoms with Crippen molar-refractivity contribution in [3.63, 3.8) is 0 Å². The SMILES string of the molecule is O=C(O[C@H]1C[N+]2(CCc3ccccc3)CCC1CC2)C([O-])(c1cccs1)c1cccs1. The van der Waals surface area contributed by atoms with Crippen LogP contribution in [0.15, 0.2) is 65.4 Å². The molecule has 0 aliphatic carbocycles. The number of quaternary nitrogens is 1. The lowest BCUT2D eigenvalue weighted by atomic mass is 9.82. The van der Waals surface area contributed by atoms with Crippen LogP contribution in [0.5, 0.6) is 0 Å². The maximum atomic E-state index is 13.9. The topological polar surface area (TPSA) is 49.4 Å². The lowest BCUT2D eigenvalue weighted by molar-refractivity contribution is -0.946. The first-order valence-electron chi connectivity index (χ1n) is 11.0. The highest BCUT2D eigenvalue weighted by Crippen LogP contribution is 2.39. The number of carbonyl (C=O) groups is 1. The molecule has 2 aromatic heterocycles. The monoisotopic (exact) mass is 453 g/mol. The van der Waals surface area contributed by atoms with E-state index in [2.05, 4.69) is 24.3 Å². The van der Waals surface area contributed by atoms with Gasteiger partial charge in [-0.2, -0.15) is 0 Å². The maximum absolute atomic E-state index is 13.9. The summed E-state index contributed by atoms with van der Waals surface area (Å²) in [5.74, 6) is -0.269. The number of hydrogen-bond donors (Lipinski definition) is 0. The third-order valence-corrected chi connectivity index (χ3v) is 8.98. The molecule has 5 heterocycles. The molecule has 0 unspecified atom stereocenters. The number of carbonyl (C=O) groups excluding carboxylic acids is 1. The Morgan fingerprint density at radius 1 is 1.00 bits per heavy atom.